The quantitative estimate of drug-likeness (QED) is 0.651. The zero-order chi connectivity index (χ0) is 16.9. The Hall–Kier alpha value is -1.96. The molecule has 122 valence electrons. The maximum absolute atomic E-state index is 12.9. The second kappa shape index (κ2) is 7.74. The van der Waals surface area contributed by atoms with Gasteiger partial charge < -0.3 is 0 Å². The monoisotopic (exact) mass is 379 g/mol. The minimum absolute atomic E-state index is 0.170. The van der Waals surface area contributed by atoms with Crippen molar-refractivity contribution in [3.05, 3.63) is 59.4 Å². The molecule has 24 heavy (non-hydrogen) atoms. The van der Waals surface area contributed by atoms with Crippen LogP contribution in [-0.4, -0.2) is 21.9 Å². The first-order valence-electron chi connectivity index (χ1n) is 6.88. The lowest BCUT2D eigenvalue weighted by Crippen LogP contribution is -2.13. The SMILES string of the molecule is O=C(CSc1ccc(Cl)cc1)Nc1nnc(-c2ccc(F)cc2)s1. The predicted molar refractivity (Wildman–Crippen MR) is 96.1 cm³/mol. The van der Waals surface area contributed by atoms with Crippen LogP contribution in [0.1, 0.15) is 0 Å². The second-order valence-corrected chi connectivity index (χ2v) is 7.17. The number of thioether (sulfide) groups is 1. The Morgan fingerprint density at radius 3 is 2.54 bits per heavy atom. The second-order valence-electron chi connectivity index (χ2n) is 4.71. The van der Waals surface area contributed by atoms with Gasteiger partial charge in [-0.05, 0) is 48.5 Å². The van der Waals surface area contributed by atoms with Crippen molar-refractivity contribution < 1.29 is 9.18 Å². The number of hydrogen-bond acceptors (Lipinski definition) is 5. The van der Waals surface area contributed by atoms with Crippen molar-refractivity contribution in [3.63, 3.8) is 0 Å². The number of hydrogen-bond donors (Lipinski definition) is 1. The lowest BCUT2D eigenvalue weighted by molar-refractivity contribution is -0.113. The van der Waals surface area contributed by atoms with Gasteiger partial charge >= 0.3 is 0 Å². The Balaban J connectivity index is 1.57. The van der Waals surface area contributed by atoms with Crippen molar-refractivity contribution in [1.82, 2.24) is 10.2 Å². The predicted octanol–water partition coefficient (Wildman–Crippen LogP) is 4.73. The van der Waals surface area contributed by atoms with Crippen LogP contribution in [0, 0.1) is 5.82 Å². The Bertz CT molecular complexity index is 837. The summed E-state index contributed by atoms with van der Waals surface area (Å²) in [6.45, 7) is 0. The minimum atomic E-state index is -0.309. The molecule has 0 spiro atoms. The van der Waals surface area contributed by atoms with Crippen molar-refractivity contribution in [2.75, 3.05) is 11.1 Å². The summed E-state index contributed by atoms with van der Waals surface area (Å²) in [5.41, 5.74) is 0.755. The first-order chi connectivity index (χ1) is 11.6. The molecule has 0 aliphatic rings. The van der Waals surface area contributed by atoms with E-state index in [0.717, 1.165) is 10.5 Å². The van der Waals surface area contributed by atoms with Crippen LogP contribution in [0.3, 0.4) is 0 Å². The van der Waals surface area contributed by atoms with Gasteiger partial charge in [-0.2, -0.15) is 0 Å². The van der Waals surface area contributed by atoms with E-state index >= 15 is 0 Å². The molecule has 1 aromatic heterocycles. The molecule has 0 saturated heterocycles. The van der Waals surface area contributed by atoms with E-state index in [2.05, 4.69) is 15.5 Å². The fourth-order valence-electron chi connectivity index (χ4n) is 1.82. The van der Waals surface area contributed by atoms with Crippen molar-refractivity contribution in [2.45, 2.75) is 4.90 Å². The lowest BCUT2D eigenvalue weighted by atomic mass is 10.2. The third-order valence-electron chi connectivity index (χ3n) is 2.95. The number of amides is 1. The molecule has 3 aromatic rings. The van der Waals surface area contributed by atoms with E-state index in [-0.39, 0.29) is 17.5 Å². The highest BCUT2D eigenvalue weighted by atomic mass is 35.5. The van der Waals surface area contributed by atoms with E-state index in [4.69, 9.17) is 11.6 Å². The molecular formula is C16H11ClFN3OS2. The van der Waals surface area contributed by atoms with Gasteiger partial charge in [-0.25, -0.2) is 4.39 Å². The summed E-state index contributed by atoms with van der Waals surface area (Å²) in [5.74, 6) is -0.222. The van der Waals surface area contributed by atoms with Gasteiger partial charge in [0, 0.05) is 15.5 Å². The molecule has 0 fully saturated rings. The summed E-state index contributed by atoms with van der Waals surface area (Å²) in [6, 6.07) is 13.2. The summed E-state index contributed by atoms with van der Waals surface area (Å²) < 4.78 is 12.9. The molecule has 0 aliphatic carbocycles. The highest BCUT2D eigenvalue weighted by Crippen LogP contribution is 2.27. The Kier molecular flexibility index (Phi) is 5.44. The summed E-state index contributed by atoms with van der Waals surface area (Å²) >= 11 is 8.47. The highest BCUT2D eigenvalue weighted by Gasteiger charge is 2.10. The number of carbonyl (C=O) groups excluding carboxylic acids is 1. The number of nitrogens with zero attached hydrogens (tertiary/aromatic N) is 2. The van der Waals surface area contributed by atoms with Crippen LogP contribution in [0.4, 0.5) is 9.52 Å². The molecule has 0 radical (unpaired) electrons. The van der Waals surface area contributed by atoms with Gasteiger partial charge in [0.1, 0.15) is 10.8 Å². The van der Waals surface area contributed by atoms with Crippen LogP contribution in [0.5, 0.6) is 0 Å². The molecule has 1 N–H and O–H groups in total. The molecule has 0 unspecified atom stereocenters. The standard InChI is InChI=1S/C16H11ClFN3OS2/c17-11-3-7-13(8-4-11)23-9-14(22)19-16-21-20-15(24-16)10-1-5-12(18)6-2-10/h1-8H,9H2,(H,19,21,22). The van der Waals surface area contributed by atoms with Gasteiger partial charge in [0.25, 0.3) is 0 Å². The van der Waals surface area contributed by atoms with E-state index in [1.165, 1.54) is 35.2 Å². The number of anilines is 1. The highest BCUT2D eigenvalue weighted by molar-refractivity contribution is 8.00. The van der Waals surface area contributed by atoms with Crippen molar-refractivity contribution >= 4 is 45.7 Å². The first kappa shape index (κ1) is 16.9. The number of rotatable bonds is 5. The molecule has 0 aliphatic heterocycles. The maximum Gasteiger partial charge on any atom is 0.236 e. The number of carbonyl (C=O) groups is 1. The molecule has 1 amide bonds. The molecule has 8 heteroatoms. The molecule has 2 aromatic carbocycles. The molecule has 0 saturated carbocycles. The van der Waals surface area contributed by atoms with Gasteiger partial charge in [0.15, 0.2) is 0 Å². The van der Waals surface area contributed by atoms with Crippen LogP contribution < -0.4 is 5.32 Å². The molecular weight excluding hydrogens is 369 g/mol. The van der Waals surface area contributed by atoms with Gasteiger partial charge in [-0.3, -0.25) is 10.1 Å². The van der Waals surface area contributed by atoms with E-state index < -0.39 is 0 Å². The molecule has 0 bridgehead atoms. The lowest BCUT2D eigenvalue weighted by Gasteiger charge is -2.01. The Morgan fingerprint density at radius 2 is 1.83 bits per heavy atom. The maximum atomic E-state index is 12.9. The minimum Gasteiger partial charge on any atom is -0.300 e. The number of halogens is 2. The molecule has 0 atom stereocenters. The first-order valence-corrected chi connectivity index (χ1v) is 9.06. The topological polar surface area (TPSA) is 54.9 Å². The molecule has 1 heterocycles. The van der Waals surface area contributed by atoms with E-state index in [1.54, 1.807) is 24.3 Å². The van der Waals surface area contributed by atoms with Gasteiger partial charge in [-0.1, -0.05) is 22.9 Å². The fourth-order valence-corrected chi connectivity index (χ4v) is 3.41. The van der Waals surface area contributed by atoms with E-state index in [0.29, 0.717) is 15.2 Å². The van der Waals surface area contributed by atoms with Crippen LogP contribution >= 0.6 is 34.7 Å². The third-order valence-corrected chi connectivity index (χ3v) is 5.10. The van der Waals surface area contributed by atoms with Crippen LogP contribution in [0.15, 0.2) is 53.4 Å². The Morgan fingerprint density at radius 1 is 1.12 bits per heavy atom. The number of benzene rings is 2. The van der Waals surface area contributed by atoms with E-state index in [9.17, 15) is 9.18 Å². The van der Waals surface area contributed by atoms with E-state index in [1.807, 2.05) is 12.1 Å². The zero-order valence-electron chi connectivity index (χ0n) is 12.2. The summed E-state index contributed by atoms with van der Waals surface area (Å²) in [6.07, 6.45) is 0. The normalized spacial score (nSPS) is 10.6. The van der Waals surface area contributed by atoms with Crippen LogP contribution in [-0.2, 0) is 4.79 Å². The molecule has 3 rings (SSSR count). The summed E-state index contributed by atoms with van der Waals surface area (Å²) in [7, 11) is 0. The fraction of sp³-hybridized carbons (Fsp3) is 0.0625. The average molecular weight is 380 g/mol. The van der Waals surface area contributed by atoms with Gasteiger partial charge in [0.2, 0.25) is 11.0 Å². The van der Waals surface area contributed by atoms with Crippen molar-refractivity contribution in [2.24, 2.45) is 0 Å². The Labute approximate surface area is 151 Å². The zero-order valence-corrected chi connectivity index (χ0v) is 14.6. The smallest absolute Gasteiger partial charge is 0.236 e. The van der Waals surface area contributed by atoms with Crippen LogP contribution in [0.2, 0.25) is 5.02 Å². The molecule has 4 nitrogen and oxygen atoms in total. The summed E-state index contributed by atoms with van der Waals surface area (Å²) in [4.78, 5) is 12.9. The largest absolute Gasteiger partial charge is 0.300 e. The number of aromatic nitrogens is 2. The van der Waals surface area contributed by atoms with Crippen LogP contribution in [0.25, 0.3) is 10.6 Å². The average Bonchev–Trinajstić information content (AvgIpc) is 3.03. The van der Waals surface area contributed by atoms with Crippen molar-refractivity contribution in [3.8, 4) is 10.6 Å². The van der Waals surface area contributed by atoms with Crippen molar-refractivity contribution in [1.29, 1.82) is 0 Å². The van der Waals surface area contributed by atoms with Gasteiger partial charge in [-0.15, -0.1) is 22.0 Å². The number of nitrogens with one attached hydrogen (secondary N) is 1. The summed E-state index contributed by atoms with van der Waals surface area (Å²) in [5, 5.41) is 12.3. The van der Waals surface area contributed by atoms with Gasteiger partial charge in [0.05, 0.1) is 5.75 Å². The third kappa shape index (κ3) is 4.53.